The average Bonchev–Trinajstić information content (AvgIpc) is 2.52. The number of ether oxygens (including phenoxy) is 1. The van der Waals surface area contributed by atoms with E-state index in [1.54, 1.807) is 0 Å². The zero-order valence-corrected chi connectivity index (χ0v) is 17.1. The fourth-order valence-corrected chi connectivity index (χ4v) is 3.16. The van der Waals surface area contributed by atoms with Crippen molar-refractivity contribution in [3.63, 3.8) is 0 Å². The molecule has 0 aromatic rings. The van der Waals surface area contributed by atoms with Crippen LogP contribution in [0, 0.1) is 0 Å². The summed E-state index contributed by atoms with van der Waals surface area (Å²) in [4.78, 5) is 0. The highest BCUT2D eigenvalue weighted by Crippen LogP contribution is 2.16. The van der Waals surface area contributed by atoms with Crippen LogP contribution >= 0.6 is 0 Å². The van der Waals surface area contributed by atoms with Crippen LogP contribution in [0.15, 0.2) is 0 Å². The highest BCUT2D eigenvalue weighted by molar-refractivity contribution is 4.84. The number of nitrogens with two attached hydrogens (primary N) is 2. The molecule has 3 heteroatoms. The Bertz CT molecular complexity index is 263. The molecule has 0 amide bonds. The molecule has 0 bridgehead atoms. The van der Waals surface area contributed by atoms with Crippen molar-refractivity contribution in [3.8, 4) is 0 Å². The second-order valence-electron chi connectivity index (χ2n) is 8.17. The number of unbranched alkanes of at least 4 members (excludes halogenated alkanes) is 11. The Hall–Kier alpha value is -0.120. The van der Waals surface area contributed by atoms with Gasteiger partial charge in [-0.2, -0.15) is 0 Å². The van der Waals surface area contributed by atoms with Crippen LogP contribution in [0.1, 0.15) is 111 Å². The lowest BCUT2D eigenvalue weighted by atomic mass is 9.98. The van der Waals surface area contributed by atoms with Crippen LogP contribution in [0.25, 0.3) is 0 Å². The molecule has 0 heterocycles. The Morgan fingerprint density at radius 3 is 1.58 bits per heavy atom. The summed E-state index contributed by atoms with van der Waals surface area (Å²) < 4.78 is 6.01. The molecule has 0 saturated carbocycles. The molecule has 0 aliphatic carbocycles. The van der Waals surface area contributed by atoms with Crippen molar-refractivity contribution in [2.24, 2.45) is 11.5 Å². The van der Waals surface area contributed by atoms with Gasteiger partial charge in [0.1, 0.15) is 0 Å². The fraction of sp³-hybridized carbons (Fsp3) is 1.00. The molecule has 146 valence electrons. The second kappa shape index (κ2) is 15.2. The van der Waals surface area contributed by atoms with Crippen molar-refractivity contribution < 1.29 is 4.74 Å². The van der Waals surface area contributed by atoms with Gasteiger partial charge in [0.25, 0.3) is 0 Å². The fourth-order valence-electron chi connectivity index (χ4n) is 3.16. The highest BCUT2D eigenvalue weighted by atomic mass is 16.5. The maximum absolute atomic E-state index is 6.10. The number of hydrogen-bond donors (Lipinski definition) is 2. The Morgan fingerprint density at radius 2 is 1.21 bits per heavy atom. The van der Waals surface area contributed by atoms with Gasteiger partial charge in [-0.3, -0.25) is 0 Å². The van der Waals surface area contributed by atoms with E-state index in [2.05, 4.69) is 13.8 Å². The van der Waals surface area contributed by atoms with Crippen molar-refractivity contribution in [1.82, 2.24) is 0 Å². The lowest BCUT2D eigenvalue weighted by Crippen LogP contribution is -2.51. The standard InChI is InChI=1S/C21H46N2O/c1-5-6-7-8-9-10-11-12-13-14-15-16-17-19(2)24-20(18-22)21(3,4)23/h19-20H,5-18,22-23H2,1-4H3. The predicted molar refractivity (Wildman–Crippen MR) is 107 cm³/mol. The number of rotatable bonds is 17. The molecule has 2 atom stereocenters. The summed E-state index contributed by atoms with van der Waals surface area (Å²) in [7, 11) is 0. The molecule has 0 aromatic heterocycles. The van der Waals surface area contributed by atoms with E-state index in [4.69, 9.17) is 16.2 Å². The molecular formula is C21H46N2O. The van der Waals surface area contributed by atoms with Gasteiger partial charge < -0.3 is 16.2 Å². The summed E-state index contributed by atoms with van der Waals surface area (Å²) >= 11 is 0. The minimum Gasteiger partial charge on any atom is -0.372 e. The average molecular weight is 343 g/mol. The maximum atomic E-state index is 6.10. The third kappa shape index (κ3) is 14.2. The monoisotopic (exact) mass is 342 g/mol. The Labute approximate surface area is 152 Å². The van der Waals surface area contributed by atoms with Gasteiger partial charge in [0, 0.05) is 12.1 Å². The Balaban J connectivity index is 3.40. The van der Waals surface area contributed by atoms with E-state index < -0.39 is 0 Å². The Kier molecular flexibility index (Phi) is 15.1. The van der Waals surface area contributed by atoms with Crippen LogP contribution < -0.4 is 11.5 Å². The molecule has 0 spiro atoms. The molecule has 2 unspecified atom stereocenters. The van der Waals surface area contributed by atoms with Gasteiger partial charge in [0.2, 0.25) is 0 Å². The lowest BCUT2D eigenvalue weighted by molar-refractivity contribution is -0.0347. The normalized spacial score (nSPS) is 14.8. The molecule has 0 fully saturated rings. The third-order valence-corrected chi connectivity index (χ3v) is 4.90. The molecule has 0 aliphatic rings. The minimum atomic E-state index is -0.362. The summed E-state index contributed by atoms with van der Waals surface area (Å²) in [6.07, 6.45) is 18.0. The zero-order valence-electron chi connectivity index (χ0n) is 17.1. The van der Waals surface area contributed by atoms with E-state index in [0.717, 1.165) is 6.42 Å². The van der Waals surface area contributed by atoms with Gasteiger partial charge in [-0.05, 0) is 27.2 Å². The minimum absolute atomic E-state index is 0.0511. The van der Waals surface area contributed by atoms with Gasteiger partial charge in [0.15, 0.2) is 0 Å². The summed E-state index contributed by atoms with van der Waals surface area (Å²) in [5, 5.41) is 0. The van der Waals surface area contributed by atoms with Crippen LogP contribution in [-0.2, 0) is 4.74 Å². The van der Waals surface area contributed by atoms with Crippen molar-refractivity contribution in [3.05, 3.63) is 0 Å². The molecule has 0 saturated heterocycles. The summed E-state index contributed by atoms with van der Waals surface area (Å²) in [6.45, 7) is 8.89. The molecule has 24 heavy (non-hydrogen) atoms. The van der Waals surface area contributed by atoms with E-state index in [1.165, 1.54) is 77.0 Å². The predicted octanol–water partition coefficient (Wildman–Crippen LogP) is 5.55. The van der Waals surface area contributed by atoms with Gasteiger partial charge >= 0.3 is 0 Å². The van der Waals surface area contributed by atoms with Crippen molar-refractivity contribution in [2.45, 2.75) is 129 Å². The molecule has 0 rings (SSSR count). The molecule has 4 N–H and O–H groups in total. The van der Waals surface area contributed by atoms with Gasteiger partial charge in [0.05, 0.1) is 12.2 Å². The zero-order chi connectivity index (χ0) is 18.3. The molecule has 0 aliphatic heterocycles. The van der Waals surface area contributed by atoms with Crippen LogP contribution in [0.5, 0.6) is 0 Å². The number of hydrogen-bond acceptors (Lipinski definition) is 3. The largest absolute Gasteiger partial charge is 0.372 e. The van der Waals surface area contributed by atoms with E-state index in [0.29, 0.717) is 6.54 Å². The first-order valence-electron chi connectivity index (χ1n) is 10.6. The second-order valence-corrected chi connectivity index (χ2v) is 8.17. The summed E-state index contributed by atoms with van der Waals surface area (Å²) in [5.74, 6) is 0. The topological polar surface area (TPSA) is 61.3 Å². The Morgan fingerprint density at radius 1 is 0.792 bits per heavy atom. The van der Waals surface area contributed by atoms with Crippen molar-refractivity contribution in [1.29, 1.82) is 0 Å². The molecule has 0 radical (unpaired) electrons. The van der Waals surface area contributed by atoms with Crippen LogP contribution in [0.2, 0.25) is 0 Å². The van der Waals surface area contributed by atoms with Crippen LogP contribution in [-0.4, -0.2) is 24.3 Å². The first kappa shape index (κ1) is 23.9. The lowest BCUT2D eigenvalue weighted by Gasteiger charge is -2.32. The molecule has 3 nitrogen and oxygen atoms in total. The highest BCUT2D eigenvalue weighted by Gasteiger charge is 2.26. The van der Waals surface area contributed by atoms with E-state index in [1.807, 2.05) is 13.8 Å². The van der Waals surface area contributed by atoms with E-state index in [-0.39, 0.29) is 17.7 Å². The van der Waals surface area contributed by atoms with Crippen molar-refractivity contribution >= 4 is 0 Å². The third-order valence-electron chi connectivity index (χ3n) is 4.90. The molecule has 0 aromatic carbocycles. The maximum Gasteiger partial charge on any atom is 0.0874 e. The first-order valence-corrected chi connectivity index (χ1v) is 10.6. The van der Waals surface area contributed by atoms with Gasteiger partial charge in [-0.15, -0.1) is 0 Å². The van der Waals surface area contributed by atoms with Crippen LogP contribution in [0.4, 0.5) is 0 Å². The molecular weight excluding hydrogens is 296 g/mol. The van der Waals surface area contributed by atoms with Crippen LogP contribution in [0.3, 0.4) is 0 Å². The first-order chi connectivity index (χ1) is 11.4. The smallest absolute Gasteiger partial charge is 0.0874 e. The summed E-state index contributed by atoms with van der Waals surface area (Å²) in [6, 6.07) is 0. The quantitative estimate of drug-likeness (QED) is 0.341. The van der Waals surface area contributed by atoms with Gasteiger partial charge in [-0.1, -0.05) is 84.0 Å². The van der Waals surface area contributed by atoms with E-state index in [9.17, 15) is 0 Å². The summed E-state index contributed by atoms with van der Waals surface area (Å²) in [5.41, 5.74) is 11.5. The van der Waals surface area contributed by atoms with E-state index >= 15 is 0 Å². The van der Waals surface area contributed by atoms with Gasteiger partial charge in [-0.25, -0.2) is 0 Å². The SMILES string of the molecule is CCCCCCCCCCCCCCC(C)OC(CN)C(C)(C)N. The van der Waals surface area contributed by atoms with Crippen molar-refractivity contribution in [2.75, 3.05) is 6.54 Å².